The first-order valence-corrected chi connectivity index (χ1v) is 6.36. The largest absolute Gasteiger partial charge is 0.243 e. The van der Waals surface area contributed by atoms with Crippen LogP contribution in [0.15, 0.2) is 18.2 Å². The summed E-state index contributed by atoms with van der Waals surface area (Å²) in [5, 5.41) is 0. The van der Waals surface area contributed by atoms with E-state index in [0.29, 0.717) is 0 Å². The average Bonchev–Trinajstić information content (AvgIpc) is 2.18. The minimum absolute atomic E-state index is 0.834. The molecule has 0 saturated carbocycles. The Morgan fingerprint density at radius 2 is 2.21 bits per heavy atom. The molecule has 1 atom stereocenters. The van der Waals surface area contributed by atoms with Gasteiger partial charge in [-0.1, -0.05) is 18.2 Å². The van der Waals surface area contributed by atoms with Crippen molar-refractivity contribution in [2.24, 2.45) is 0 Å². The molecule has 0 bridgehead atoms. The van der Waals surface area contributed by atoms with Crippen molar-refractivity contribution in [3.63, 3.8) is 0 Å². The lowest BCUT2D eigenvalue weighted by atomic mass is 9.97. The van der Waals surface area contributed by atoms with E-state index in [0.717, 1.165) is 19.5 Å². The third kappa shape index (κ3) is 1.74. The van der Waals surface area contributed by atoms with E-state index >= 15 is 0 Å². The van der Waals surface area contributed by atoms with Crippen molar-refractivity contribution in [2.45, 2.75) is 19.9 Å². The molecule has 1 aromatic rings. The zero-order chi connectivity index (χ0) is 10.1. The number of fused-ring (bicyclic) bond motifs is 1. The van der Waals surface area contributed by atoms with E-state index in [-0.39, 0.29) is 0 Å². The molecule has 0 fully saturated rings. The van der Waals surface area contributed by atoms with Crippen LogP contribution in [0, 0.1) is 6.92 Å². The van der Waals surface area contributed by atoms with E-state index in [1.54, 1.807) is 6.26 Å². The first-order valence-electron chi connectivity index (χ1n) is 4.84. The Hall–Kier alpha value is -0.670. The SMILES string of the molecule is Cc1cccc2c1CN(S(C)=O)CC2. The van der Waals surface area contributed by atoms with Crippen LogP contribution < -0.4 is 0 Å². The van der Waals surface area contributed by atoms with Gasteiger partial charge in [-0.15, -0.1) is 0 Å². The van der Waals surface area contributed by atoms with Gasteiger partial charge in [0, 0.05) is 19.3 Å². The molecule has 1 heterocycles. The maximum atomic E-state index is 11.4. The maximum Gasteiger partial charge on any atom is 0.0914 e. The summed E-state index contributed by atoms with van der Waals surface area (Å²) >= 11 is 0. The van der Waals surface area contributed by atoms with Crippen LogP contribution in [0.2, 0.25) is 0 Å². The van der Waals surface area contributed by atoms with E-state index in [2.05, 4.69) is 25.1 Å². The van der Waals surface area contributed by atoms with Crippen molar-refractivity contribution in [2.75, 3.05) is 12.8 Å². The van der Waals surface area contributed by atoms with Crippen molar-refractivity contribution in [3.8, 4) is 0 Å². The molecule has 0 N–H and O–H groups in total. The van der Waals surface area contributed by atoms with E-state index in [1.165, 1.54) is 16.7 Å². The Labute approximate surface area is 87.5 Å². The number of aryl methyl sites for hydroxylation is 1. The molecule has 0 spiro atoms. The summed E-state index contributed by atoms with van der Waals surface area (Å²) in [6.45, 7) is 3.88. The van der Waals surface area contributed by atoms with Crippen LogP contribution in [0.1, 0.15) is 16.7 Å². The predicted octanol–water partition coefficient (Wildman–Crippen LogP) is 1.65. The van der Waals surface area contributed by atoms with Crippen LogP contribution in [-0.4, -0.2) is 21.3 Å². The van der Waals surface area contributed by atoms with Crippen molar-refractivity contribution < 1.29 is 4.21 Å². The van der Waals surface area contributed by atoms with Gasteiger partial charge >= 0.3 is 0 Å². The number of hydrogen-bond donors (Lipinski definition) is 0. The van der Waals surface area contributed by atoms with Crippen LogP contribution >= 0.6 is 0 Å². The highest BCUT2D eigenvalue weighted by molar-refractivity contribution is 7.81. The van der Waals surface area contributed by atoms with E-state index in [9.17, 15) is 4.21 Å². The molecule has 1 aromatic carbocycles. The van der Waals surface area contributed by atoms with Gasteiger partial charge in [0.15, 0.2) is 0 Å². The Kier molecular flexibility index (Phi) is 2.70. The zero-order valence-electron chi connectivity index (χ0n) is 8.62. The van der Waals surface area contributed by atoms with Gasteiger partial charge in [0.2, 0.25) is 0 Å². The Bertz CT molecular complexity index is 376. The number of benzene rings is 1. The lowest BCUT2D eigenvalue weighted by molar-refractivity contribution is 0.422. The zero-order valence-corrected chi connectivity index (χ0v) is 9.43. The monoisotopic (exact) mass is 209 g/mol. The van der Waals surface area contributed by atoms with Crippen molar-refractivity contribution in [1.29, 1.82) is 0 Å². The third-order valence-corrected chi connectivity index (χ3v) is 3.87. The van der Waals surface area contributed by atoms with Crippen molar-refractivity contribution >= 4 is 11.0 Å². The summed E-state index contributed by atoms with van der Waals surface area (Å²) < 4.78 is 13.4. The van der Waals surface area contributed by atoms with E-state index < -0.39 is 11.0 Å². The minimum Gasteiger partial charge on any atom is -0.243 e. The predicted molar refractivity (Wildman–Crippen MR) is 59.4 cm³/mol. The van der Waals surface area contributed by atoms with Crippen LogP contribution in [0.25, 0.3) is 0 Å². The summed E-state index contributed by atoms with van der Waals surface area (Å²) in [4.78, 5) is 0. The molecule has 1 aliphatic rings. The molecule has 0 radical (unpaired) electrons. The summed E-state index contributed by atoms with van der Waals surface area (Å²) in [5.41, 5.74) is 4.11. The number of rotatable bonds is 1. The molecule has 0 amide bonds. The molecule has 0 aromatic heterocycles. The van der Waals surface area contributed by atoms with E-state index in [4.69, 9.17) is 0 Å². The minimum atomic E-state index is -0.834. The van der Waals surface area contributed by atoms with Gasteiger partial charge in [-0.25, -0.2) is 8.51 Å². The lowest BCUT2D eigenvalue weighted by Crippen LogP contribution is -2.32. The van der Waals surface area contributed by atoms with Gasteiger partial charge in [0.1, 0.15) is 0 Å². The van der Waals surface area contributed by atoms with Gasteiger partial charge < -0.3 is 0 Å². The van der Waals surface area contributed by atoms with Crippen molar-refractivity contribution in [3.05, 3.63) is 34.9 Å². The molecule has 1 aliphatic heterocycles. The van der Waals surface area contributed by atoms with E-state index in [1.807, 2.05) is 4.31 Å². The third-order valence-electron chi connectivity index (χ3n) is 2.84. The summed E-state index contributed by atoms with van der Waals surface area (Å²) in [6, 6.07) is 6.41. The fourth-order valence-corrected chi connectivity index (χ4v) is 2.60. The normalized spacial score (nSPS) is 19.0. The quantitative estimate of drug-likeness (QED) is 0.688. The summed E-state index contributed by atoms with van der Waals surface area (Å²) in [5.74, 6) is 0. The molecule has 76 valence electrons. The molecule has 2 nitrogen and oxygen atoms in total. The fourth-order valence-electron chi connectivity index (χ4n) is 1.94. The number of hydrogen-bond acceptors (Lipinski definition) is 1. The summed E-state index contributed by atoms with van der Waals surface area (Å²) in [7, 11) is -0.834. The first kappa shape index (κ1) is 9.87. The molecule has 3 heteroatoms. The highest BCUT2D eigenvalue weighted by Crippen LogP contribution is 2.22. The van der Waals surface area contributed by atoms with Gasteiger partial charge in [-0.2, -0.15) is 0 Å². The second kappa shape index (κ2) is 3.83. The standard InChI is InChI=1S/C11H15NOS/c1-9-4-3-5-10-6-7-12(14(2)13)8-11(9)10/h3-5H,6-8H2,1-2H3. The number of nitrogens with zero attached hydrogens (tertiary/aromatic N) is 1. The van der Waals surface area contributed by atoms with Gasteiger partial charge in [0.05, 0.1) is 11.0 Å². The molecule has 1 unspecified atom stereocenters. The highest BCUT2D eigenvalue weighted by atomic mass is 32.2. The first-order chi connectivity index (χ1) is 6.68. The van der Waals surface area contributed by atoms with Crippen LogP contribution in [-0.2, 0) is 24.0 Å². The molecular weight excluding hydrogens is 194 g/mol. The van der Waals surface area contributed by atoms with Crippen LogP contribution in [0.5, 0.6) is 0 Å². The average molecular weight is 209 g/mol. The molecule has 2 rings (SSSR count). The Morgan fingerprint density at radius 1 is 1.43 bits per heavy atom. The lowest BCUT2D eigenvalue weighted by Gasteiger charge is -2.27. The van der Waals surface area contributed by atoms with Gasteiger partial charge in [-0.3, -0.25) is 0 Å². The van der Waals surface area contributed by atoms with Gasteiger partial charge in [0.25, 0.3) is 0 Å². The fraction of sp³-hybridized carbons (Fsp3) is 0.455. The second-order valence-electron chi connectivity index (χ2n) is 3.75. The molecule has 0 aliphatic carbocycles. The highest BCUT2D eigenvalue weighted by Gasteiger charge is 2.19. The second-order valence-corrected chi connectivity index (χ2v) is 5.11. The molecule has 0 saturated heterocycles. The van der Waals surface area contributed by atoms with Crippen LogP contribution in [0.4, 0.5) is 0 Å². The molecular formula is C11H15NOS. The van der Waals surface area contributed by atoms with Gasteiger partial charge in [-0.05, 0) is 30.0 Å². The van der Waals surface area contributed by atoms with Crippen molar-refractivity contribution in [1.82, 2.24) is 4.31 Å². The van der Waals surface area contributed by atoms with Crippen LogP contribution in [0.3, 0.4) is 0 Å². The topological polar surface area (TPSA) is 20.3 Å². The maximum absolute atomic E-state index is 11.4. The Morgan fingerprint density at radius 3 is 2.93 bits per heavy atom. The Balaban J connectivity index is 2.33. The molecule has 14 heavy (non-hydrogen) atoms. The smallest absolute Gasteiger partial charge is 0.0914 e. The summed E-state index contributed by atoms with van der Waals surface area (Å²) in [6.07, 6.45) is 2.78.